The van der Waals surface area contributed by atoms with Crippen LogP contribution in [0.5, 0.6) is 0 Å². The number of primary sulfonamides is 1. The Labute approximate surface area is 176 Å². The summed E-state index contributed by atoms with van der Waals surface area (Å²) >= 11 is 0. The van der Waals surface area contributed by atoms with E-state index in [0.29, 0.717) is 28.4 Å². The predicted molar refractivity (Wildman–Crippen MR) is 115 cm³/mol. The highest BCUT2D eigenvalue weighted by Crippen LogP contribution is 2.26. The fourth-order valence-electron chi connectivity index (χ4n) is 3.28. The third-order valence-corrected chi connectivity index (χ3v) is 5.69. The quantitative estimate of drug-likeness (QED) is 0.441. The second-order valence-corrected chi connectivity index (χ2v) is 8.32. The van der Waals surface area contributed by atoms with Gasteiger partial charge >= 0.3 is 0 Å². The number of aromatic nitrogens is 6. The van der Waals surface area contributed by atoms with Gasteiger partial charge in [-0.25, -0.2) is 28.2 Å². The van der Waals surface area contributed by atoms with Crippen molar-refractivity contribution in [3.05, 3.63) is 73.2 Å². The third kappa shape index (κ3) is 3.31. The fraction of sp³-hybridized carbons (Fsp3) is 0. The minimum atomic E-state index is -3.78. The van der Waals surface area contributed by atoms with E-state index < -0.39 is 10.0 Å². The highest BCUT2D eigenvalue weighted by molar-refractivity contribution is 7.89. The number of rotatable bonds is 4. The zero-order valence-corrected chi connectivity index (χ0v) is 16.8. The summed E-state index contributed by atoms with van der Waals surface area (Å²) in [5, 5.41) is 14.8. The lowest BCUT2D eigenvalue weighted by atomic mass is 10.2. The topological polar surface area (TPSA) is 148 Å². The van der Waals surface area contributed by atoms with E-state index in [2.05, 4.69) is 20.2 Å². The average Bonchev–Trinajstić information content (AvgIpc) is 3.37. The molecule has 0 aliphatic rings. The molecule has 0 saturated carbocycles. The number of nitrogens with two attached hydrogens (primary N) is 2. The van der Waals surface area contributed by atoms with Crippen LogP contribution in [0.15, 0.2) is 78.1 Å². The summed E-state index contributed by atoms with van der Waals surface area (Å²) in [6.45, 7) is 0. The molecule has 0 spiro atoms. The van der Waals surface area contributed by atoms with Crippen LogP contribution in [0, 0.1) is 0 Å². The Morgan fingerprint density at radius 2 is 1.65 bits per heavy atom. The minimum absolute atomic E-state index is 0.0146. The van der Waals surface area contributed by atoms with Crippen molar-refractivity contribution in [3.63, 3.8) is 0 Å². The van der Waals surface area contributed by atoms with Crippen LogP contribution >= 0.6 is 0 Å². The van der Waals surface area contributed by atoms with Crippen molar-refractivity contribution in [2.75, 3.05) is 5.73 Å². The number of nitrogen functional groups attached to an aromatic ring is 1. The van der Waals surface area contributed by atoms with E-state index in [1.807, 2.05) is 30.3 Å². The molecule has 5 aromatic rings. The molecule has 31 heavy (non-hydrogen) atoms. The van der Waals surface area contributed by atoms with E-state index in [1.54, 1.807) is 33.8 Å². The largest absolute Gasteiger partial charge is 0.384 e. The first-order chi connectivity index (χ1) is 14.9. The molecule has 3 aromatic heterocycles. The summed E-state index contributed by atoms with van der Waals surface area (Å²) in [7, 11) is -3.78. The molecular weight excluding hydrogens is 416 g/mol. The van der Waals surface area contributed by atoms with Gasteiger partial charge in [0.15, 0.2) is 11.5 Å². The summed E-state index contributed by atoms with van der Waals surface area (Å²) in [4.78, 5) is 8.71. The van der Waals surface area contributed by atoms with Crippen molar-refractivity contribution in [1.29, 1.82) is 0 Å². The zero-order chi connectivity index (χ0) is 21.6. The molecule has 0 fully saturated rings. The van der Waals surface area contributed by atoms with Gasteiger partial charge in [-0.3, -0.25) is 0 Å². The van der Waals surface area contributed by atoms with Crippen LogP contribution in [0.2, 0.25) is 0 Å². The molecule has 10 nitrogen and oxygen atoms in total. The number of nitrogens with zero attached hydrogens (tertiary/aromatic N) is 6. The Kier molecular flexibility index (Phi) is 4.27. The Morgan fingerprint density at radius 1 is 0.903 bits per heavy atom. The molecule has 5 rings (SSSR count). The van der Waals surface area contributed by atoms with E-state index in [0.717, 1.165) is 11.3 Å². The standard InChI is InChI=1S/C20H16N8O2S/c21-18-10-17(13-4-2-1-3-5-13)26-28(18)20-16-11-25-27(19(16)23-12-24-20)14-6-8-15(9-7-14)31(22,29)30/h1-12H,21H2,(H2,22,29,30). The second kappa shape index (κ2) is 7.00. The molecule has 0 unspecified atom stereocenters. The molecule has 0 bridgehead atoms. The van der Waals surface area contributed by atoms with Gasteiger partial charge in [0.25, 0.3) is 0 Å². The minimum Gasteiger partial charge on any atom is -0.384 e. The number of fused-ring (bicyclic) bond motifs is 1. The molecule has 11 heteroatoms. The van der Waals surface area contributed by atoms with Gasteiger partial charge in [0.05, 0.1) is 27.9 Å². The molecule has 0 amide bonds. The van der Waals surface area contributed by atoms with Crippen LogP contribution in [-0.4, -0.2) is 37.9 Å². The Bertz CT molecular complexity index is 1510. The monoisotopic (exact) mass is 432 g/mol. The van der Waals surface area contributed by atoms with Crippen LogP contribution in [0.3, 0.4) is 0 Å². The van der Waals surface area contributed by atoms with Gasteiger partial charge in [-0.1, -0.05) is 30.3 Å². The molecule has 0 aliphatic carbocycles. The maximum atomic E-state index is 11.5. The first kappa shape index (κ1) is 18.9. The number of benzene rings is 2. The van der Waals surface area contributed by atoms with Crippen molar-refractivity contribution in [3.8, 4) is 22.8 Å². The molecule has 0 aliphatic heterocycles. The average molecular weight is 432 g/mol. The Hall–Kier alpha value is -4.09. The first-order valence-corrected chi connectivity index (χ1v) is 10.7. The van der Waals surface area contributed by atoms with Gasteiger partial charge in [-0.15, -0.1) is 0 Å². The SMILES string of the molecule is Nc1cc(-c2ccccc2)nn1-c1ncnc2c1cnn2-c1ccc(S(N)(=O)=O)cc1. The van der Waals surface area contributed by atoms with Crippen molar-refractivity contribution in [2.24, 2.45) is 5.14 Å². The van der Waals surface area contributed by atoms with E-state index in [-0.39, 0.29) is 4.90 Å². The summed E-state index contributed by atoms with van der Waals surface area (Å²) in [6.07, 6.45) is 3.01. The number of sulfonamides is 1. The smallest absolute Gasteiger partial charge is 0.238 e. The molecule has 0 atom stereocenters. The number of hydrogen-bond donors (Lipinski definition) is 2. The van der Waals surface area contributed by atoms with Crippen LogP contribution in [0.1, 0.15) is 0 Å². The van der Waals surface area contributed by atoms with Gasteiger partial charge < -0.3 is 5.73 Å². The van der Waals surface area contributed by atoms with E-state index in [4.69, 9.17) is 10.9 Å². The summed E-state index contributed by atoms with van der Waals surface area (Å²) in [6, 6.07) is 17.5. The maximum Gasteiger partial charge on any atom is 0.238 e. The number of anilines is 1. The lowest BCUT2D eigenvalue weighted by Crippen LogP contribution is -2.12. The van der Waals surface area contributed by atoms with E-state index in [1.165, 1.54) is 18.5 Å². The van der Waals surface area contributed by atoms with Crippen molar-refractivity contribution in [2.45, 2.75) is 4.90 Å². The van der Waals surface area contributed by atoms with Crippen LogP contribution < -0.4 is 10.9 Å². The maximum absolute atomic E-state index is 11.5. The van der Waals surface area contributed by atoms with Crippen LogP contribution in [0.4, 0.5) is 5.82 Å². The molecular formula is C20H16N8O2S. The van der Waals surface area contributed by atoms with Gasteiger partial charge in [-0.2, -0.15) is 14.9 Å². The first-order valence-electron chi connectivity index (χ1n) is 9.15. The number of hydrogen-bond acceptors (Lipinski definition) is 7. The summed E-state index contributed by atoms with van der Waals surface area (Å²) in [5.41, 5.74) is 9.01. The molecule has 4 N–H and O–H groups in total. The Morgan fingerprint density at radius 3 is 2.35 bits per heavy atom. The molecule has 154 valence electrons. The molecule has 2 aromatic carbocycles. The lowest BCUT2D eigenvalue weighted by Gasteiger charge is -2.06. The lowest BCUT2D eigenvalue weighted by molar-refractivity contribution is 0.598. The van der Waals surface area contributed by atoms with Gasteiger partial charge in [0.1, 0.15) is 12.1 Å². The van der Waals surface area contributed by atoms with Crippen LogP contribution in [-0.2, 0) is 10.0 Å². The predicted octanol–water partition coefficient (Wildman–Crippen LogP) is 1.90. The van der Waals surface area contributed by atoms with Gasteiger partial charge in [-0.05, 0) is 24.3 Å². The van der Waals surface area contributed by atoms with Gasteiger partial charge in [0, 0.05) is 11.6 Å². The zero-order valence-electron chi connectivity index (χ0n) is 16.0. The molecule has 0 saturated heterocycles. The second-order valence-electron chi connectivity index (χ2n) is 6.76. The third-order valence-electron chi connectivity index (χ3n) is 4.76. The van der Waals surface area contributed by atoms with E-state index in [9.17, 15) is 8.42 Å². The van der Waals surface area contributed by atoms with Crippen molar-refractivity contribution < 1.29 is 8.42 Å². The molecule has 0 radical (unpaired) electrons. The normalized spacial score (nSPS) is 11.8. The fourth-order valence-corrected chi connectivity index (χ4v) is 3.80. The van der Waals surface area contributed by atoms with E-state index >= 15 is 0 Å². The summed E-state index contributed by atoms with van der Waals surface area (Å²) < 4.78 is 26.1. The highest BCUT2D eigenvalue weighted by Gasteiger charge is 2.17. The van der Waals surface area contributed by atoms with Crippen molar-refractivity contribution in [1.82, 2.24) is 29.5 Å². The summed E-state index contributed by atoms with van der Waals surface area (Å²) in [5.74, 6) is 0.904. The van der Waals surface area contributed by atoms with Crippen LogP contribution in [0.25, 0.3) is 33.8 Å². The van der Waals surface area contributed by atoms with Crippen molar-refractivity contribution >= 4 is 26.9 Å². The van der Waals surface area contributed by atoms with Gasteiger partial charge in [0.2, 0.25) is 10.0 Å². The highest BCUT2D eigenvalue weighted by atomic mass is 32.2. The molecule has 3 heterocycles. The Balaban J connectivity index is 1.60.